The van der Waals surface area contributed by atoms with Crippen LogP contribution in [-0.4, -0.2) is 0 Å². The SMILES string of the molecule is Cc1ccc(-c2cccc(N)c2)c(N)c1. The van der Waals surface area contributed by atoms with Gasteiger partial charge in [-0.15, -0.1) is 0 Å². The van der Waals surface area contributed by atoms with Crippen LogP contribution in [0.15, 0.2) is 42.5 Å². The van der Waals surface area contributed by atoms with Crippen molar-refractivity contribution >= 4 is 11.4 Å². The summed E-state index contributed by atoms with van der Waals surface area (Å²) in [4.78, 5) is 0. The average Bonchev–Trinajstić information content (AvgIpc) is 2.17. The number of hydrogen-bond donors (Lipinski definition) is 2. The van der Waals surface area contributed by atoms with Gasteiger partial charge in [0, 0.05) is 16.9 Å². The summed E-state index contributed by atoms with van der Waals surface area (Å²) in [5, 5.41) is 0. The van der Waals surface area contributed by atoms with Crippen molar-refractivity contribution in [3.63, 3.8) is 0 Å². The van der Waals surface area contributed by atoms with E-state index in [4.69, 9.17) is 11.5 Å². The fourth-order valence-electron chi connectivity index (χ4n) is 1.65. The zero-order chi connectivity index (χ0) is 10.8. The average molecular weight is 198 g/mol. The fraction of sp³-hybridized carbons (Fsp3) is 0.0769. The lowest BCUT2D eigenvalue weighted by atomic mass is 10.0. The van der Waals surface area contributed by atoms with E-state index in [1.807, 2.05) is 43.3 Å². The smallest absolute Gasteiger partial charge is 0.0396 e. The Morgan fingerprint density at radius 3 is 2.40 bits per heavy atom. The van der Waals surface area contributed by atoms with Gasteiger partial charge in [0.2, 0.25) is 0 Å². The lowest BCUT2D eigenvalue weighted by Gasteiger charge is -2.07. The van der Waals surface area contributed by atoms with E-state index in [1.54, 1.807) is 0 Å². The molecule has 0 aliphatic rings. The van der Waals surface area contributed by atoms with Crippen LogP contribution in [0.3, 0.4) is 0 Å². The molecule has 2 nitrogen and oxygen atoms in total. The third-order valence-electron chi connectivity index (χ3n) is 2.40. The molecule has 4 N–H and O–H groups in total. The van der Waals surface area contributed by atoms with Gasteiger partial charge in [-0.3, -0.25) is 0 Å². The van der Waals surface area contributed by atoms with Gasteiger partial charge in [-0.25, -0.2) is 0 Å². The topological polar surface area (TPSA) is 52.0 Å². The summed E-state index contributed by atoms with van der Waals surface area (Å²) in [5.74, 6) is 0. The second-order valence-electron chi connectivity index (χ2n) is 3.72. The summed E-state index contributed by atoms with van der Waals surface area (Å²) in [6.45, 7) is 2.03. The van der Waals surface area contributed by atoms with Gasteiger partial charge >= 0.3 is 0 Å². The summed E-state index contributed by atoms with van der Waals surface area (Å²) in [6, 6.07) is 13.8. The van der Waals surface area contributed by atoms with Crippen LogP contribution in [0.5, 0.6) is 0 Å². The molecule has 0 unspecified atom stereocenters. The molecule has 0 heterocycles. The van der Waals surface area contributed by atoms with Crippen LogP contribution in [-0.2, 0) is 0 Å². The predicted octanol–water partition coefficient (Wildman–Crippen LogP) is 2.83. The Bertz CT molecular complexity index is 490. The van der Waals surface area contributed by atoms with Crippen molar-refractivity contribution in [2.24, 2.45) is 0 Å². The number of benzene rings is 2. The first-order valence-electron chi connectivity index (χ1n) is 4.89. The summed E-state index contributed by atoms with van der Waals surface area (Å²) in [6.07, 6.45) is 0. The highest BCUT2D eigenvalue weighted by atomic mass is 14.6. The van der Waals surface area contributed by atoms with E-state index in [0.717, 1.165) is 22.5 Å². The molecule has 2 heteroatoms. The molecular formula is C13H14N2. The Kier molecular flexibility index (Phi) is 2.34. The summed E-state index contributed by atoms with van der Waals surface area (Å²) >= 11 is 0. The van der Waals surface area contributed by atoms with E-state index in [2.05, 4.69) is 6.07 Å². The zero-order valence-corrected chi connectivity index (χ0v) is 8.70. The van der Waals surface area contributed by atoms with Crippen molar-refractivity contribution < 1.29 is 0 Å². The Balaban J connectivity index is 2.54. The molecule has 0 saturated heterocycles. The molecule has 0 fully saturated rings. The van der Waals surface area contributed by atoms with E-state index < -0.39 is 0 Å². The van der Waals surface area contributed by atoms with Gasteiger partial charge in [0.25, 0.3) is 0 Å². The van der Waals surface area contributed by atoms with Gasteiger partial charge < -0.3 is 11.5 Å². The van der Waals surface area contributed by atoms with Crippen LogP contribution in [0.25, 0.3) is 11.1 Å². The molecule has 0 aromatic heterocycles. The third-order valence-corrected chi connectivity index (χ3v) is 2.40. The van der Waals surface area contributed by atoms with Gasteiger partial charge in [0.1, 0.15) is 0 Å². The number of nitrogen functional groups attached to an aromatic ring is 2. The first kappa shape index (κ1) is 9.59. The molecule has 0 bridgehead atoms. The number of hydrogen-bond acceptors (Lipinski definition) is 2. The van der Waals surface area contributed by atoms with E-state index >= 15 is 0 Å². The molecule has 2 aromatic carbocycles. The normalized spacial score (nSPS) is 10.2. The van der Waals surface area contributed by atoms with Gasteiger partial charge in [-0.1, -0.05) is 24.3 Å². The van der Waals surface area contributed by atoms with E-state index in [9.17, 15) is 0 Å². The maximum atomic E-state index is 5.96. The Labute approximate surface area is 89.5 Å². The van der Waals surface area contributed by atoms with Crippen LogP contribution < -0.4 is 11.5 Å². The highest BCUT2D eigenvalue weighted by Gasteiger charge is 2.02. The van der Waals surface area contributed by atoms with Crippen molar-refractivity contribution in [3.05, 3.63) is 48.0 Å². The molecule has 15 heavy (non-hydrogen) atoms. The van der Waals surface area contributed by atoms with Crippen molar-refractivity contribution in [3.8, 4) is 11.1 Å². The Hall–Kier alpha value is -1.96. The predicted molar refractivity (Wildman–Crippen MR) is 65.4 cm³/mol. The minimum atomic E-state index is 0.757. The van der Waals surface area contributed by atoms with Crippen LogP contribution in [0.2, 0.25) is 0 Å². The molecular weight excluding hydrogens is 184 g/mol. The van der Waals surface area contributed by atoms with Gasteiger partial charge in [-0.05, 0) is 36.2 Å². The molecule has 0 spiro atoms. The van der Waals surface area contributed by atoms with Gasteiger partial charge in [0.05, 0.1) is 0 Å². The summed E-state index contributed by atoms with van der Waals surface area (Å²) < 4.78 is 0. The number of anilines is 2. The van der Waals surface area contributed by atoms with Crippen molar-refractivity contribution in [1.82, 2.24) is 0 Å². The lowest BCUT2D eigenvalue weighted by Crippen LogP contribution is -1.92. The van der Waals surface area contributed by atoms with E-state index in [1.165, 1.54) is 5.56 Å². The van der Waals surface area contributed by atoms with Gasteiger partial charge in [-0.2, -0.15) is 0 Å². The molecule has 0 atom stereocenters. The molecule has 0 saturated carbocycles. The molecule has 0 aliphatic carbocycles. The second-order valence-corrected chi connectivity index (χ2v) is 3.72. The zero-order valence-electron chi connectivity index (χ0n) is 8.70. The van der Waals surface area contributed by atoms with Crippen molar-refractivity contribution in [2.75, 3.05) is 11.5 Å². The molecule has 2 aromatic rings. The number of aryl methyl sites for hydroxylation is 1. The Morgan fingerprint density at radius 2 is 1.73 bits per heavy atom. The van der Waals surface area contributed by atoms with E-state index in [0.29, 0.717) is 0 Å². The second kappa shape index (κ2) is 3.65. The summed E-state index contributed by atoms with van der Waals surface area (Å²) in [5.41, 5.74) is 16.5. The molecule has 0 aliphatic heterocycles. The van der Waals surface area contributed by atoms with Crippen molar-refractivity contribution in [1.29, 1.82) is 0 Å². The Morgan fingerprint density at radius 1 is 0.933 bits per heavy atom. The maximum Gasteiger partial charge on any atom is 0.0396 e. The molecule has 0 radical (unpaired) electrons. The van der Waals surface area contributed by atoms with Crippen molar-refractivity contribution in [2.45, 2.75) is 6.92 Å². The minimum absolute atomic E-state index is 0.757. The molecule has 0 amide bonds. The van der Waals surface area contributed by atoms with Crippen LogP contribution in [0.4, 0.5) is 11.4 Å². The minimum Gasteiger partial charge on any atom is -0.399 e. The largest absolute Gasteiger partial charge is 0.399 e. The number of nitrogens with two attached hydrogens (primary N) is 2. The first-order chi connectivity index (χ1) is 7.16. The van der Waals surface area contributed by atoms with Gasteiger partial charge in [0.15, 0.2) is 0 Å². The molecule has 76 valence electrons. The quantitative estimate of drug-likeness (QED) is 0.692. The van der Waals surface area contributed by atoms with Crippen LogP contribution in [0, 0.1) is 6.92 Å². The van der Waals surface area contributed by atoms with E-state index in [-0.39, 0.29) is 0 Å². The standard InChI is InChI=1S/C13H14N2/c1-9-5-6-12(13(15)7-9)10-3-2-4-11(14)8-10/h2-8H,14-15H2,1H3. The first-order valence-corrected chi connectivity index (χ1v) is 4.89. The fourth-order valence-corrected chi connectivity index (χ4v) is 1.65. The number of rotatable bonds is 1. The monoisotopic (exact) mass is 198 g/mol. The third kappa shape index (κ3) is 1.94. The lowest BCUT2D eigenvalue weighted by molar-refractivity contribution is 1.47. The molecule has 2 rings (SSSR count). The maximum absolute atomic E-state index is 5.96. The van der Waals surface area contributed by atoms with Crippen LogP contribution >= 0.6 is 0 Å². The highest BCUT2D eigenvalue weighted by molar-refractivity contribution is 5.78. The van der Waals surface area contributed by atoms with Crippen LogP contribution in [0.1, 0.15) is 5.56 Å². The highest BCUT2D eigenvalue weighted by Crippen LogP contribution is 2.27. The summed E-state index contributed by atoms with van der Waals surface area (Å²) in [7, 11) is 0.